The summed E-state index contributed by atoms with van der Waals surface area (Å²) in [5, 5.41) is 33.1. The second-order valence-corrected chi connectivity index (χ2v) is 12.6. The van der Waals surface area contributed by atoms with Crippen molar-refractivity contribution in [2.45, 2.75) is 11.0 Å². The third-order valence-corrected chi connectivity index (χ3v) is 8.23. The van der Waals surface area contributed by atoms with Crippen LogP contribution in [0.1, 0.15) is 0 Å². The van der Waals surface area contributed by atoms with E-state index in [-0.39, 0.29) is 70.3 Å². The number of carboxylic acid groups (broad SMARTS) is 2. The lowest BCUT2D eigenvalue weighted by molar-refractivity contribution is -0.316. The normalized spacial score (nSPS) is 19.2. The number of nitrogens with zero attached hydrogens (tertiary/aromatic N) is 4. The lowest BCUT2D eigenvalue weighted by Crippen LogP contribution is -2.51. The van der Waals surface area contributed by atoms with Crippen LogP contribution in [-0.4, -0.2) is 136 Å². The molecule has 0 saturated carbocycles. The van der Waals surface area contributed by atoms with E-state index in [9.17, 15) is 47.7 Å². The summed E-state index contributed by atoms with van der Waals surface area (Å²) in [7, 11) is -8.77. The maximum Gasteiger partial charge on any atom is 0.240 e. The molecule has 1 atom stereocenters. The van der Waals surface area contributed by atoms with Crippen molar-refractivity contribution in [2.24, 2.45) is 0 Å². The molecule has 1 unspecified atom stereocenters. The van der Waals surface area contributed by atoms with E-state index >= 15 is 0 Å². The zero-order chi connectivity index (χ0) is 29.1. The summed E-state index contributed by atoms with van der Waals surface area (Å²) in [5.74, 6) is -2.71. The number of aliphatic hydroxyl groups excluding tert-OH is 1. The number of carbonyl (C=O) groups excluding carboxylic acids is 2. The molecule has 0 amide bonds. The molecule has 0 aromatic heterocycles. The lowest BCUT2D eigenvalue weighted by Gasteiger charge is -2.39. The summed E-state index contributed by atoms with van der Waals surface area (Å²) in [6.07, 6.45) is -1.93. The van der Waals surface area contributed by atoms with Crippen LogP contribution in [0.25, 0.3) is 0 Å². The topological polar surface area (TPSA) is 223 Å². The Balaban J connectivity index is 2.11. The van der Waals surface area contributed by atoms with Crippen molar-refractivity contribution >= 4 is 29.6 Å². The van der Waals surface area contributed by atoms with E-state index in [0.29, 0.717) is 0 Å². The highest BCUT2D eigenvalue weighted by Crippen LogP contribution is 2.24. The van der Waals surface area contributed by atoms with Crippen LogP contribution in [0.3, 0.4) is 0 Å². The van der Waals surface area contributed by atoms with Crippen LogP contribution in [0.2, 0.25) is 0 Å². The molecule has 1 saturated heterocycles. The van der Waals surface area contributed by atoms with Gasteiger partial charge in [0.15, 0.2) is 0 Å². The minimum absolute atomic E-state index is 0.00268. The van der Waals surface area contributed by atoms with Crippen molar-refractivity contribution in [1.82, 2.24) is 24.3 Å². The molecule has 1 aliphatic heterocycles. The molecule has 1 aromatic rings. The molecule has 17 heteroatoms. The number of rotatable bonds is 12. The molecule has 0 spiro atoms. The molecule has 1 aromatic carbocycles. The first-order chi connectivity index (χ1) is 18.2. The van der Waals surface area contributed by atoms with Crippen LogP contribution >= 0.6 is 7.60 Å². The van der Waals surface area contributed by atoms with Gasteiger partial charge in [-0.25, -0.2) is 13.1 Å². The number of hydrogen-bond acceptors (Lipinski definition) is 14. The van der Waals surface area contributed by atoms with Crippen LogP contribution in [0.15, 0.2) is 35.2 Å². The van der Waals surface area contributed by atoms with Gasteiger partial charge in [0.05, 0.1) is 22.9 Å². The number of nitrogens with one attached hydrogen (secondary N) is 1. The number of sulfonamides is 1. The van der Waals surface area contributed by atoms with Crippen molar-refractivity contribution in [3.8, 4) is 0 Å². The van der Waals surface area contributed by atoms with E-state index < -0.39 is 55.0 Å². The molecule has 2 N–H and O–H groups in total. The van der Waals surface area contributed by atoms with Gasteiger partial charge < -0.3 is 39.3 Å². The van der Waals surface area contributed by atoms with Gasteiger partial charge in [-0.1, -0.05) is 25.8 Å². The Kier molecular flexibility index (Phi) is 13.4. The zero-order valence-corrected chi connectivity index (χ0v) is 23.1. The molecular formula is C22H34N5O10PS-4. The fourth-order valence-corrected chi connectivity index (χ4v) is 5.95. The maximum absolute atomic E-state index is 12.5. The fourth-order valence-electron chi connectivity index (χ4n) is 4.08. The lowest BCUT2D eigenvalue weighted by atomic mass is 10.3. The predicted molar refractivity (Wildman–Crippen MR) is 131 cm³/mol. The number of aliphatic carboxylic acids is 2. The van der Waals surface area contributed by atoms with Gasteiger partial charge in [0.25, 0.3) is 0 Å². The Morgan fingerprint density at radius 2 is 1.28 bits per heavy atom. The standard InChI is InChI=1S/C22H38N5O10PS/c28-19(14-23-39(36,37)20-4-2-1-3-5-20)15-24-6-8-25(16-21(29)30)10-12-27(18-38(33,34)35)13-11-26(9-7-24)17-22(31)32/h1-5,19,23,28H,6-18H2,(H,29,30)(H,31,32)(H2,33,34,35)/p-4. The Labute approximate surface area is 227 Å². The molecular weight excluding hydrogens is 557 g/mol. The zero-order valence-electron chi connectivity index (χ0n) is 21.4. The second-order valence-electron chi connectivity index (χ2n) is 9.29. The molecule has 39 heavy (non-hydrogen) atoms. The first kappa shape index (κ1) is 33.2. The first-order valence-electron chi connectivity index (χ1n) is 12.3. The van der Waals surface area contributed by atoms with Gasteiger partial charge in [-0.15, -0.1) is 0 Å². The van der Waals surface area contributed by atoms with Crippen LogP contribution in [0, 0.1) is 0 Å². The monoisotopic (exact) mass is 591 g/mol. The highest BCUT2D eigenvalue weighted by molar-refractivity contribution is 7.89. The summed E-state index contributed by atoms with van der Waals surface area (Å²) in [6, 6.07) is 7.63. The molecule has 0 radical (unpaired) electrons. The summed E-state index contributed by atoms with van der Waals surface area (Å²) >= 11 is 0. The summed E-state index contributed by atoms with van der Waals surface area (Å²) in [6.45, 7) is -0.203. The van der Waals surface area contributed by atoms with Crippen molar-refractivity contribution in [2.75, 3.05) is 84.8 Å². The van der Waals surface area contributed by atoms with Crippen LogP contribution in [0.5, 0.6) is 0 Å². The van der Waals surface area contributed by atoms with E-state index in [0.717, 1.165) is 0 Å². The van der Waals surface area contributed by atoms with Gasteiger partial charge in [-0.3, -0.25) is 19.6 Å². The van der Waals surface area contributed by atoms with Crippen LogP contribution in [0.4, 0.5) is 0 Å². The minimum Gasteiger partial charge on any atom is -0.810 e. The smallest absolute Gasteiger partial charge is 0.240 e. The van der Waals surface area contributed by atoms with E-state index in [4.69, 9.17) is 0 Å². The molecule has 0 bridgehead atoms. The molecule has 1 heterocycles. The Morgan fingerprint density at radius 3 is 1.72 bits per heavy atom. The SMILES string of the molecule is O=C([O-])CN1CCN(CC(O)CNS(=O)(=O)c2ccccc2)CCN(CC(=O)[O-])CCN(CP(=O)([O-])[O-])CC1. The molecule has 2 rings (SSSR count). The number of carboxylic acids is 2. The Bertz CT molecular complexity index is 1040. The molecule has 222 valence electrons. The quantitative estimate of drug-likeness (QED) is 0.216. The number of hydrogen-bond donors (Lipinski definition) is 2. The van der Waals surface area contributed by atoms with Crippen molar-refractivity contribution in [3.63, 3.8) is 0 Å². The van der Waals surface area contributed by atoms with Crippen LogP contribution in [-0.2, 0) is 24.2 Å². The van der Waals surface area contributed by atoms with E-state index in [1.165, 1.54) is 26.8 Å². The van der Waals surface area contributed by atoms with Gasteiger partial charge in [-0.2, -0.15) is 0 Å². The average Bonchev–Trinajstić information content (AvgIpc) is 2.83. The van der Waals surface area contributed by atoms with Crippen molar-refractivity contribution < 1.29 is 47.7 Å². The maximum atomic E-state index is 12.5. The second kappa shape index (κ2) is 15.7. The number of aliphatic hydroxyl groups is 1. The third kappa shape index (κ3) is 13.8. The van der Waals surface area contributed by atoms with Crippen LogP contribution < -0.4 is 24.7 Å². The number of benzene rings is 1. The van der Waals surface area contributed by atoms with Gasteiger partial charge in [-0.05, 0) is 12.1 Å². The van der Waals surface area contributed by atoms with Crippen molar-refractivity contribution in [3.05, 3.63) is 30.3 Å². The van der Waals surface area contributed by atoms with Gasteiger partial charge in [0.1, 0.15) is 0 Å². The molecule has 1 fully saturated rings. The summed E-state index contributed by atoms with van der Waals surface area (Å²) in [5.41, 5.74) is 0. The van der Waals surface area contributed by atoms with Crippen molar-refractivity contribution in [1.29, 1.82) is 0 Å². The van der Waals surface area contributed by atoms with E-state index in [2.05, 4.69) is 4.72 Å². The minimum atomic E-state index is -4.92. The summed E-state index contributed by atoms with van der Waals surface area (Å²) < 4.78 is 38.6. The average molecular weight is 592 g/mol. The van der Waals surface area contributed by atoms with Gasteiger partial charge in [0, 0.05) is 84.8 Å². The molecule has 15 nitrogen and oxygen atoms in total. The largest absolute Gasteiger partial charge is 0.810 e. The highest BCUT2D eigenvalue weighted by Gasteiger charge is 2.21. The highest BCUT2D eigenvalue weighted by atomic mass is 32.2. The Morgan fingerprint density at radius 1 is 0.846 bits per heavy atom. The number of carbonyl (C=O) groups is 2. The van der Waals surface area contributed by atoms with E-state index in [1.54, 1.807) is 23.1 Å². The molecule has 1 aliphatic rings. The van der Waals surface area contributed by atoms with E-state index in [1.807, 2.05) is 0 Å². The molecule has 0 aliphatic carbocycles. The Hall–Kier alpha value is -1.98. The first-order valence-corrected chi connectivity index (χ1v) is 15.5. The number of β-amino-alcohol motifs (C(OH)–C–C–N with tert-alkyl or cyclic N) is 1. The third-order valence-electron chi connectivity index (χ3n) is 6.04. The fraction of sp³-hybridized carbons (Fsp3) is 0.636. The summed E-state index contributed by atoms with van der Waals surface area (Å²) in [4.78, 5) is 51.3. The van der Waals surface area contributed by atoms with Gasteiger partial charge >= 0.3 is 0 Å². The predicted octanol–water partition coefficient (Wildman–Crippen LogP) is -6.08. The van der Waals surface area contributed by atoms with Gasteiger partial charge in [0.2, 0.25) is 10.0 Å².